The third-order valence-electron chi connectivity index (χ3n) is 4.74. The van der Waals surface area contributed by atoms with E-state index in [2.05, 4.69) is 49.2 Å². The first-order valence-electron chi connectivity index (χ1n) is 8.35. The topological polar surface area (TPSA) is 24.5 Å². The summed E-state index contributed by atoms with van der Waals surface area (Å²) in [6, 6.07) is 7.78. The molecule has 2 aliphatic rings. The fraction of sp³-hybridized carbons (Fsp3) is 0.667. The molecule has 1 aromatic rings. The van der Waals surface area contributed by atoms with Crippen molar-refractivity contribution in [2.24, 2.45) is 0 Å². The third kappa shape index (κ3) is 3.58. The van der Waals surface area contributed by atoms with Gasteiger partial charge in [0.1, 0.15) is 11.9 Å². The lowest BCUT2D eigenvalue weighted by Crippen LogP contribution is -2.45. The van der Waals surface area contributed by atoms with Crippen LogP contribution >= 0.6 is 0 Å². The van der Waals surface area contributed by atoms with Crippen LogP contribution in [0.2, 0.25) is 0 Å². The molecule has 2 aliphatic heterocycles. The molecule has 0 saturated carbocycles. The fourth-order valence-corrected chi connectivity index (χ4v) is 3.50. The smallest absolute Gasteiger partial charge is 0.123 e. The quantitative estimate of drug-likeness (QED) is 0.901. The summed E-state index contributed by atoms with van der Waals surface area (Å²) in [6.45, 7) is 10.1. The van der Waals surface area contributed by atoms with Crippen molar-refractivity contribution in [1.29, 1.82) is 0 Å². The molecule has 0 radical (unpaired) electrons. The molecule has 1 N–H and O–H groups in total. The van der Waals surface area contributed by atoms with Gasteiger partial charge in [-0.25, -0.2) is 0 Å². The van der Waals surface area contributed by atoms with Crippen LogP contribution < -0.4 is 10.1 Å². The number of hydrogen-bond donors (Lipinski definition) is 1. The molecule has 2 unspecified atom stereocenters. The second-order valence-corrected chi connectivity index (χ2v) is 6.90. The molecule has 0 spiro atoms. The standard InChI is InChI=1S/C18H28N2O/c1-13(2)20(11-16-5-4-8-19-16)12-17-10-15-9-14(3)6-7-18(15)21-17/h6-7,9,13,16-17,19H,4-5,8,10-12H2,1-3H3. The van der Waals surface area contributed by atoms with Crippen molar-refractivity contribution in [3.05, 3.63) is 29.3 Å². The molecular weight excluding hydrogens is 260 g/mol. The molecule has 0 aliphatic carbocycles. The Morgan fingerprint density at radius 2 is 2.19 bits per heavy atom. The average Bonchev–Trinajstić information content (AvgIpc) is 3.06. The molecule has 0 bridgehead atoms. The summed E-state index contributed by atoms with van der Waals surface area (Å²) < 4.78 is 6.14. The van der Waals surface area contributed by atoms with Gasteiger partial charge >= 0.3 is 0 Å². The molecule has 3 rings (SSSR count). The van der Waals surface area contributed by atoms with Crippen molar-refractivity contribution >= 4 is 0 Å². The minimum Gasteiger partial charge on any atom is -0.488 e. The first kappa shape index (κ1) is 14.9. The summed E-state index contributed by atoms with van der Waals surface area (Å²) >= 11 is 0. The lowest BCUT2D eigenvalue weighted by molar-refractivity contribution is 0.120. The van der Waals surface area contributed by atoms with Crippen LogP contribution in [-0.4, -0.2) is 42.7 Å². The number of hydrogen-bond acceptors (Lipinski definition) is 3. The molecule has 3 nitrogen and oxygen atoms in total. The summed E-state index contributed by atoms with van der Waals surface area (Å²) in [7, 11) is 0. The Kier molecular flexibility index (Phi) is 4.51. The summed E-state index contributed by atoms with van der Waals surface area (Å²) in [5, 5.41) is 3.61. The highest BCUT2D eigenvalue weighted by Gasteiger charge is 2.27. The van der Waals surface area contributed by atoms with Crippen LogP contribution in [0.15, 0.2) is 18.2 Å². The normalized spacial score (nSPS) is 24.6. The molecule has 1 aromatic carbocycles. The van der Waals surface area contributed by atoms with Crippen molar-refractivity contribution in [2.45, 2.75) is 58.2 Å². The minimum absolute atomic E-state index is 0.311. The Morgan fingerprint density at radius 3 is 2.90 bits per heavy atom. The fourth-order valence-electron chi connectivity index (χ4n) is 3.50. The van der Waals surface area contributed by atoms with Gasteiger partial charge in [-0.3, -0.25) is 4.90 Å². The van der Waals surface area contributed by atoms with E-state index in [1.807, 2.05) is 0 Å². The number of benzene rings is 1. The second kappa shape index (κ2) is 6.37. The zero-order valence-electron chi connectivity index (χ0n) is 13.6. The molecule has 1 saturated heterocycles. The van der Waals surface area contributed by atoms with E-state index in [0.717, 1.165) is 25.3 Å². The van der Waals surface area contributed by atoms with Crippen LogP contribution in [0.25, 0.3) is 0 Å². The van der Waals surface area contributed by atoms with Gasteiger partial charge in [0.25, 0.3) is 0 Å². The van der Waals surface area contributed by atoms with Crippen molar-refractivity contribution in [3.63, 3.8) is 0 Å². The Morgan fingerprint density at radius 1 is 1.33 bits per heavy atom. The monoisotopic (exact) mass is 288 g/mol. The van der Waals surface area contributed by atoms with Gasteiger partial charge in [-0.15, -0.1) is 0 Å². The van der Waals surface area contributed by atoms with Gasteiger partial charge in [0.2, 0.25) is 0 Å². The van der Waals surface area contributed by atoms with Crippen LogP contribution in [0, 0.1) is 6.92 Å². The minimum atomic E-state index is 0.311. The SMILES string of the molecule is Cc1ccc2c(c1)CC(CN(CC1CCCN1)C(C)C)O2. The highest BCUT2D eigenvalue weighted by molar-refractivity contribution is 5.40. The van der Waals surface area contributed by atoms with Crippen LogP contribution in [0.5, 0.6) is 5.75 Å². The predicted octanol–water partition coefficient (Wildman–Crippen LogP) is 2.76. The van der Waals surface area contributed by atoms with Gasteiger partial charge in [-0.1, -0.05) is 17.7 Å². The van der Waals surface area contributed by atoms with E-state index in [-0.39, 0.29) is 0 Å². The Bertz CT molecular complexity index is 480. The van der Waals surface area contributed by atoms with Crippen LogP contribution in [0.4, 0.5) is 0 Å². The highest BCUT2D eigenvalue weighted by atomic mass is 16.5. The number of fused-ring (bicyclic) bond motifs is 1. The molecule has 1 fully saturated rings. The van der Waals surface area contributed by atoms with Crippen molar-refractivity contribution in [2.75, 3.05) is 19.6 Å². The highest BCUT2D eigenvalue weighted by Crippen LogP contribution is 2.30. The molecule has 0 amide bonds. The zero-order chi connectivity index (χ0) is 14.8. The Labute approximate surface area is 128 Å². The molecule has 2 heterocycles. The van der Waals surface area contributed by atoms with Crippen molar-refractivity contribution in [1.82, 2.24) is 10.2 Å². The molecule has 21 heavy (non-hydrogen) atoms. The first-order valence-corrected chi connectivity index (χ1v) is 8.35. The van der Waals surface area contributed by atoms with Gasteiger partial charge in [0.15, 0.2) is 0 Å². The maximum atomic E-state index is 6.14. The van der Waals surface area contributed by atoms with E-state index in [0.29, 0.717) is 18.2 Å². The number of rotatable bonds is 5. The molecular formula is C18H28N2O. The summed E-state index contributed by atoms with van der Waals surface area (Å²) in [6.07, 6.45) is 4.00. The maximum Gasteiger partial charge on any atom is 0.123 e. The van der Waals surface area contributed by atoms with Gasteiger partial charge < -0.3 is 10.1 Å². The van der Waals surface area contributed by atoms with Gasteiger partial charge in [0.05, 0.1) is 0 Å². The predicted molar refractivity (Wildman–Crippen MR) is 87.0 cm³/mol. The molecule has 2 atom stereocenters. The molecule has 0 aromatic heterocycles. The van der Waals surface area contributed by atoms with E-state index >= 15 is 0 Å². The van der Waals surface area contributed by atoms with Gasteiger partial charge in [0, 0.05) is 31.6 Å². The summed E-state index contributed by atoms with van der Waals surface area (Å²) in [5.41, 5.74) is 2.71. The lowest BCUT2D eigenvalue weighted by atomic mass is 10.1. The number of nitrogens with zero attached hydrogens (tertiary/aromatic N) is 1. The summed E-state index contributed by atoms with van der Waals surface area (Å²) in [5.74, 6) is 1.09. The molecule has 116 valence electrons. The van der Waals surface area contributed by atoms with E-state index < -0.39 is 0 Å². The third-order valence-corrected chi connectivity index (χ3v) is 4.74. The van der Waals surface area contributed by atoms with Crippen LogP contribution in [-0.2, 0) is 6.42 Å². The number of aryl methyl sites for hydroxylation is 1. The van der Waals surface area contributed by atoms with Crippen molar-refractivity contribution < 1.29 is 4.74 Å². The summed E-state index contributed by atoms with van der Waals surface area (Å²) in [4.78, 5) is 2.58. The van der Waals surface area contributed by atoms with E-state index in [1.165, 1.54) is 30.5 Å². The van der Waals surface area contributed by atoms with Crippen LogP contribution in [0.3, 0.4) is 0 Å². The average molecular weight is 288 g/mol. The second-order valence-electron chi connectivity index (χ2n) is 6.90. The largest absolute Gasteiger partial charge is 0.488 e. The zero-order valence-corrected chi connectivity index (χ0v) is 13.6. The van der Waals surface area contributed by atoms with Gasteiger partial charge in [-0.05, 0) is 51.8 Å². The maximum absolute atomic E-state index is 6.14. The van der Waals surface area contributed by atoms with E-state index in [9.17, 15) is 0 Å². The number of ether oxygens (including phenoxy) is 1. The van der Waals surface area contributed by atoms with E-state index in [4.69, 9.17) is 4.74 Å². The number of nitrogens with one attached hydrogen (secondary N) is 1. The Balaban J connectivity index is 1.59. The molecule has 3 heteroatoms. The van der Waals surface area contributed by atoms with Crippen molar-refractivity contribution in [3.8, 4) is 5.75 Å². The lowest BCUT2D eigenvalue weighted by Gasteiger charge is -2.31. The van der Waals surface area contributed by atoms with E-state index in [1.54, 1.807) is 0 Å². The van der Waals surface area contributed by atoms with Crippen LogP contribution in [0.1, 0.15) is 37.8 Å². The Hall–Kier alpha value is -1.06. The van der Waals surface area contributed by atoms with Gasteiger partial charge in [-0.2, -0.15) is 0 Å². The first-order chi connectivity index (χ1) is 10.1.